The van der Waals surface area contributed by atoms with Gasteiger partial charge in [-0.15, -0.1) is 0 Å². The molecule has 1 aliphatic rings. The van der Waals surface area contributed by atoms with E-state index in [4.69, 9.17) is 13.9 Å². The summed E-state index contributed by atoms with van der Waals surface area (Å²) in [6, 6.07) is 18.6. The molecule has 1 aliphatic heterocycles. The van der Waals surface area contributed by atoms with Gasteiger partial charge >= 0.3 is 12.2 Å². The van der Waals surface area contributed by atoms with Crippen LogP contribution in [0.5, 0.6) is 0 Å². The zero-order valence-electron chi connectivity index (χ0n) is 24.8. The lowest BCUT2D eigenvalue weighted by Crippen LogP contribution is -2.56. The molecule has 1 heterocycles. The van der Waals surface area contributed by atoms with E-state index in [-0.39, 0.29) is 23.6 Å². The Labute approximate surface area is 235 Å². The quantitative estimate of drug-likeness (QED) is 0.363. The van der Waals surface area contributed by atoms with Crippen LogP contribution in [0, 0.1) is 5.92 Å². The van der Waals surface area contributed by atoms with Crippen LogP contribution in [-0.4, -0.2) is 50.2 Å². The number of hydrogen-bond acceptors (Lipinski definition) is 5. The normalized spacial score (nSPS) is 20.3. The van der Waals surface area contributed by atoms with Gasteiger partial charge in [0, 0.05) is 19.1 Å². The molecule has 214 valence electrons. The number of carbonyl (C=O) groups excluding carboxylic acids is 2. The van der Waals surface area contributed by atoms with Crippen LogP contribution in [-0.2, 0) is 20.5 Å². The highest BCUT2D eigenvalue weighted by Crippen LogP contribution is 2.39. The van der Waals surface area contributed by atoms with E-state index in [1.807, 2.05) is 81.4 Å². The van der Waals surface area contributed by atoms with E-state index in [1.54, 1.807) is 4.90 Å². The fourth-order valence-electron chi connectivity index (χ4n) is 4.48. The Morgan fingerprint density at radius 3 is 2.10 bits per heavy atom. The lowest BCUT2D eigenvalue weighted by Gasteiger charge is -2.45. The van der Waals surface area contributed by atoms with Crippen molar-refractivity contribution >= 4 is 20.5 Å². The van der Waals surface area contributed by atoms with E-state index in [9.17, 15) is 9.59 Å². The second kappa shape index (κ2) is 12.6. The first-order valence-electron chi connectivity index (χ1n) is 13.8. The number of hydrogen-bond donors (Lipinski definition) is 1. The van der Waals surface area contributed by atoms with E-state index >= 15 is 0 Å². The molecule has 1 fully saturated rings. The smallest absolute Gasteiger partial charge is 0.410 e. The lowest BCUT2D eigenvalue weighted by atomic mass is 9.85. The van der Waals surface area contributed by atoms with Gasteiger partial charge in [0.25, 0.3) is 0 Å². The minimum absolute atomic E-state index is 0.0169. The second-order valence-electron chi connectivity index (χ2n) is 13.0. The fourth-order valence-corrected chi connectivity index (χ4v) is 5.57. The minimum Gasteiger partial charge on any atom is -0.445 e. The molecule has 0 aliphatic carbocycles. The minimum atomic E-state index is -2.01. The van der Waals surface area contributed by atoms with Gasteiger partial charge in [-0.2, -0.15) is 0 Å². The highest BCUT2D eigenvalue weighted by atomic mass is 28.4. The average Bonchev–Trinajstić information content (AvgIpc) is 2.85. The zero-order valence-corrected chi connectivity index (χ0v) is 25.8. The molecule has 0 radical (unpaired) electrons. The molecular formula is C31H46N2O5Si. The van der Waals surface area contributed by atoms with E-state index in [0.29, 0.717) is 19.6 Å². The van der Waals surface area contributed by atoms with E-state index in [1.165, 1.54) is 0 Å². The number of rotatable bonds is 7. The first-order chi connectivity index (χ1) is 18.2. The lowest BCUT2D eigenvalue weighted by molar-refractivity contribution is 0.0173. The van der Waals surface area contributed by atoms with Gasteiger partial charge in [-0.3, -0.25) is 4.90 Å². The maximum absolute atomic E-state index is 13.6. The summed E-state index contributed by atoms with van der Waals surface area (Å²) in [6.07, 6.45) is -0.270. The Bertz CT molecular complexity index is 1080. The van der Waals surface area contributed by atoms with Crippen LogP contribution in [0.25, 0.3) is 0 Å². The number of nitrogens with zero attached hydrogens (tertiary/aromatic N) is 1. The number of amides is 2. The number of piperidine rings is 1. The third-order valence-electron chi connectivity index (χ3n) is 7.53. The summed E-state index contributed by atoms with van der Waals surface area (Å²) in [4.78, 5) is 28.4. The summed E-state index contributed by atoms with van der Waals surface area (Å²) >= 11 is 0. The number of alkyl carbamates (subject to hydrolysis) is 1. The molecule has 2 aromatic rings. The molecular weight excluding hydrogens is 508 g/mol. The van der Waals surface area contributed by atoms with Crippen LogP contribution in [0.1, 0.15) is 65.1 Å². The van der Waals surface area contributed by atoms with Crippen molar-refractivity contribution in [3.05, 3.63) is 71.8 Å². The molecule has 0 saturated carbocycles. The molecule has 7 nitrogen and oxygen atoms in total. The van der Waals surface area contributed by atoms with Crippen LogP contribution < -0.4 is 5.32 Å². The van der Waals surface area contributed by atoms with Crippen LogP contribution in [0.2, 0.25) is 18.1 Å². The van der Waals surface area contributed by atoms with Crippen molar-refractivity contribution in [1.29, 1.82) is 0 Å². The largest absolute Gasteiger partial charge is 0.445 e. The van der Waals surface area contributed by atoms with E-state index < -0.39 is 32.1 Å². The van der Waals surface area contributed by atoms with Gasteiger partial charge < -0.3 is 19.2 Å². The molecule has 0 unspecified atom stereocenters. The molecule has 2 amide bonds. The second-order valence-corrected chi connectivity index (χ2v) is 17.8. The Morgan fingerprint density at radius 2 is 1.54 bits per heavy atom. The Balaban J connectivity index is 1.90. The van der Waals surface area contributed by atoms with Gasteiger partial charge in [-0.1, -0.05) is 81.4 Å². The summed E-state index contributed by atoms with van der Waals surface area (Å²) in [5.41, 5.74) is 1.21. The number of ether oxygens (including phenoxy) is 2. The molecule has 0 spiro atoms. The van der Waals surface area contributed by atoms with E-state index in [2.05, 4.69) is 39.2 Å². The van der Waals surface area contributed by atoms with Crippen molar-refractivity contribution in [2.45, 2.75) is 90.4 Å². The van der Waals surface area contributed by atoms with Gasteiger partial charge in [0.15, 0.2) is 8.32 Å². The van der Waals surface area contributed by atoms with Gasteiger partial charge in [0.1, 0.15) is 12.2 Å². The summed E-state index contributed by atoms with van der Waals surface area (Å²) in [7, 11) is -2.01. The van der Waals surface area contributed by atoms with E-state index in [0.717, 1.165) is 11.1 Å². The maximum Gasteiger partial charge on any atom is 0.410 e. The van der Waals surface area contributed by atoms with Crippen molar-refractivity contribution in [2.75, 3.05) is 13.2 Å². The predicted octanol–water partition coefficient (Wildman–Crippen LogP) is 7.30. The van der Waals surface area contributed by atoms with Gasteiger partial charge in [0.2, 0.25) is 0 Å². The highest BCUT2D eigenvalue weighted by molar-refractivity contribution is 6.74. The number of benzene rings is 2. The van der Waals surface area contributed by atoms with Gasteiger partial charge in [0.05, 0.1) is 12.1 Å². The SMILES string of the molecule is CC(C)(C)OC(=O)N[C@H]1C[C@H](CO[Si](C)(C)C(C)(C)C)CN(C(=O)OCc2ccccc2)[C@H]1c1ccccc1. The molecule has 3 rings (SSSR count). The van der Waals surface area contributed by atoms with Crippen molar-refractivity contribution < 1.29 is 23.5 Å². The molecule has 2 aromatic carbocycles. The van der Waals surface area contributed by atoms with Gasteiger partial charge in [-0.05, 0) is 56.5 Å². The Kier molecular flexibility index (Phi) is 9.88. The fraction of sp³-hybridized carbons (Fsp3) is 0.548. The molecule has 0 bridgehead atoms. The van der Waals surface area contributed by atoms with Crippen LogP contribution >= 0.6 is 0 Å². The van der Waals surface area contributed by atoms with Crippen molar-refractivity contribution in [3.8, 4) is 0 Å². The first kappa shape index (κ1) is 30.7. The predicted molar refractivity (Wildman–Crippen MR) is 157 cm³/mol. The van der Waals surface area contributed by atoms with Crippen molar-refractivity contribution in [1.82, 2.24) is 10.2 Å². The topological polar surface area (TPSA) is 77.1 Å². The average molecular weight is 555 g/mol. The molecule has 1 N–H and O–H groups in total. The van der Waals surface area contributed by atoms with Crippen LogP contribution in [0.4, 0.5) is 9.59 Å². The Hall–Kier alpha value is -2.84. The van der Waals surface area contributed by atoms with Crippen molar-refractivity contribution in [3.63, 3.8) is 0 Å². The summed E-state index contributed by atoms with van der Waals surface area (Å²) in [5, 5.41) is 3.15. The number of carbonyl (C=O) groups is 2. The molecule has 0 aromatic heterocycles. The molecule has 39 heavy (non-hydrogen) atoms. The maximum atomic E-state index is 13.6. The number of likely N-dealkylation sites (tertiary alicyclic amines) is 1. The van der Waals surface area contributed by atoms with Crippen LogP contribution in [0.15, 0.2) is 60.7 Å². The van der Waals surface area contributed by atoms with Crippen LogP contribution in [0.3, 0.4) is 0 Å². The first-order valence-corrected chi connectivity index (χ1v) is 16.7. The summed E-state index contributed by atoms with van der Waals surface area (Å²) in [5.74, 6) is 0.0169. The standard InChI is InChI=1S/C31H46N2O5Si/c1-30(2,3)38-28(34)32-26-19-24(22-37-39(7,8)31(4,5)6)20-33(27(26)25-17-13-10-14-18-25)29(35)36-21-23-15-11-9-12-16-23/h9-18,24,26-27H,19-22H2,1-8H3,(H,32,34)/t24-,26-,27-/m0/s1. The zero-order chi connectivity index (χ0) is 28.8. The monoisotopic (exact) mass is 554 g/mol. The molecule has 1 saturated heterocycles. The number of nitrogens with one attached hydrogen (secondary N) is 1. The summed E-state index contributed by atoms with van der Waals surface area (Å²) in [6.45, 7) is 17.8. The molecule has 8 heteroatoms. The summed E-state index contributed by atoms with van der Waals surface area (Å²) < 4.78 is 18.0. The van der Waals surface area contributed by atoms with Gasteiger partial charge in [-0.25, -0.2) is 9.59 Å². The van der Waals surface area contributed by atoms with Crippen molar-refractivity contribution in [2.24, 2.45) is 5.92 Å². The third-order valence-corrected chi connectivity index (χ3v) is 12.0. The highest BCUT2D eigenvalue weighted by Gasteiger charge is 2.43. The molecule has 3 atom stereocenters. The Morgan fingerprint density at radius 1 is 0.949 bits per heavy atom. The third kappa shape index (κ3) is 8.83.